The van der Waals surface area contributed by atoms with E-state index in [4.69, 9.17) is 4.74 Å². The SMILES string of the molecule is Cc1ccc(OCc2csc(C(=O)N3CCCCC3c3ccccc3)c2)cc1. The molecule has 3 aromatic rings. The second kappa shape index (κ2) is 8.61. The van der Waals surface area contributed by atoms with Crippen LogP contribution < -0.4 is 4.74 Å². The number of amides is 1. The van der Waals surface area contributed by atoms with Gasteiger partial charge in [-0.25, -0.2) is 0 Å². The summed E-state index contributed by atoms with van der Waals surface area (Å²) >= 11 is 1.51. The number of rotatable bonds is 5. The zero-order chi connectivity index (χ0) is 19.3. The summed E-state index contributed by atoms with van der Waals surface area (Å²) in [5, 5.41) is 2.03. The van der Waals surface area contributed by atoms with E-state index in [0.29, 0.717) is 6.61 Å². The minimum atomic E-state index is 0.139. The number of benzene rings is 2. The fourth-order valence-corrected chi connectivity index (χ4v) is 4.55. The van der Waals surface area contributed by atoms with Gasteiger partial charge in [0.1, 0.15) is 12.4 Å². The Kier molecular flexibility index (Phi) is 5.77. The van der Waals surface area contributed by atoms with E-state index in [1.165, 1.54) is 28.9 Å². The van der Waals surface area contributed by atoms with Crippen LogP contribution in [0.15, 0.2) is 66.0 Å². The molecule has 144 valence electrons. The summed E-state index contributed by atoms with van der Waals surface area (Å²) in [6, 6.07) is 20.6. The smallest absolute Gasteiger partial charge is 0.264 e. The third-order valence-electron chi connectivity index (χ3n) is 5.24. The molecule has 0 aliphatic carbocycles. The van der Waals surface area contributed by atoms with E-state index >= 15 is 0 Å². The summed E-state index contributed by atoms with van der Waals surface area (Å²) in [6.45, 7) is 3.37. The average Bonchev–Trinajstić information content (AvgIpc) is 3.22. The molecule has 1 amide bonds. The maximum atomic E-state index is 13.2. The van der Waals surface area contributed by atoms with Crippen molar-refractivity contribution < 1.29 is 9.53 Å². The lowest BCUT2D eigenvalue weighted by Crippen LogP contribution is -2.38. The van der Waals surface area contributed by atoms with Gasteiger partial charge in [-0.3, -0.25) is 4.79 Å². The van der Waals surface area contributed by atoms with Crippen LogP contribution in [0.1, 0.15) is 51.7 Å². The lowest BCUT2D eigenvalue weighted by atomic mass is 9.95. The molecule has 1 saturated heterocycles. The molecule has 1 aliphatic heterocycles. The van der Waals surface area contributed by atoms with E-state index in [2.05, 4.69) is 36.1 Å². The van der Waals surface area contributed by atoms with Gasteiger partial charge in [-0.15, -0.1) is 11.3 Å². The Morgan fingerprint density at radius 1 is 1.11 bits per heavy atom. The van der Waals surface area contributed by atoms with Crippen LogP contribution in [0.2, 0.25) is 0 Å². The van der Waals surface area contributed by atoms with Crippen molar-refractivity contribution in [3.63, 3.8) is 0 Å². The maximum absolute atomic E-state index is 13.2. The molecule has 1 atom stereocenters. The van der Waals surface area contributed by atoms with E-state index in [1.807, 2.05) is 41.8 Å². The molecule has 0 bridgehead atoms. The maximum Gasteiger partial charge on any atom is 0.264 e. The highest BCUT2D eigenvalue weighted by Gasteiger charge is 2.29. The second-order valence-corrected chi connectivity index (χ2v) is 8.25. The first-order valence-corrected chi connectivity index (χ1v) is 10.7. The zero-order valence-electron chi connectivity index (χ0n) is 16.1. The third kappa shape index (κ3) is 4.28. The monoisotopic (exact) mass is 391 g/mol. The van der Waals surface area contributed by atoms with Crippen LogP contribution in [0.3, 0.4) is 0 Å². The molecule has 3 nitrogen and oxygen atoms in total. The number of nitrogens with zero attached hydrogens (tertiary/aromatic N) is 1. The molecule has 1 unspecified atom stereocenters. The van der Waals surface area contributed by atoms with Crippen molar-refractivity contribution in [3.8, 4) is 5.75 Å². The van der Waals surface area contributed by atoms with E-state index in [0.717, 1.165) is 35.6 Å². The quantitative estimate of drug-likeness (QED) is 0.533. The van der Waals surface area contributed by atoms with Gasteiger partial charge in [-0.1, -0.05) is 48.0 Å². The van der Waals surface area contributed by atoms with Gasteiger partial charge < -0.3 is 9.64 Å². The molecular weight excluding hydrogens is 366 g/mol. The first-order chi connectivity index (χ1) is 13.7. The molecule has 0 N–H and O–H groups in total. The molecule has 0 radical (unpaired) electrons. The fraction of sp³-hybridized carbons (Fsp3) is 0.292. The number of hydrogen-bond donors (Lipinski definition) is 0. The number of ether oxygens (including phenoxy) is 1. The highest BCUT2D eigenvalue weighted by atomic mass is 32.1. The standard InChI is InChI=1S/C24H25NO2S/c1-18-10-12-21(13-11-18)27-16-19-15-23(28-17-19)24(26)25-14-6-5-9-22(25)20-7-3-2-4-8-20/h2-4,7-8,10-13,15,17,22H,5-6,9,14,16H2,1H3. The van der Waals surface area contributed by atoms with Crippen molar-refractivity contribution in [1.82, 2.24) is 4.90 Å². The number of likely N-dealkylation sites (tertiary alicyclic amines) is 1. The third-order valence-corrected chi connectivity index (χ3v) is 6.21. The van der Waals surface area contributed by atoms with Gasteiger partial charge in [-0.05, 0) is 55.3 Å². The predicted octanol–water partition coefficient (Wildman–Crippen LogP) is 6.00. The molecule has 28 heavy (non-hydrogen) atoms. The number of aryl methyl sites for hydroxylation is 1. The van der Waals surface area contributed by atoms with Gasteiger partial charge in [0, 0.05) is 12.1 Å². The number of piperidine rings is 1. The minimum absolute atomic E-state index is 0.139. The van der Waals surface area contributed by atoms with E-state index in [9.17, 15) is 4.79 Å². The molecule has 4 heteroatoms. The van der Waals surface area contributed by atoms with Crippen molar-refractivity contribution in [2.45, 2.75) is 38.8 Å². The summed E-state index contributed by atoms with van der Waals surface area (Å²) in [5.41, 5.74) is 3.49. The summed E-state index contributed by atoms with van der Waals surface area (Å²) in [4.78, 5) is 16.1. The van der Waals surface area contributed by atoms with Crippen LogP contribution >= 0.6 is 11.3 Å². The van der Waals surface area contributed by atoms with Gasteiger partial charge in [0.25, 0.3) is 5.91 Å². The first-order valence-electron chi connectivity index (χ1n) is 9.83. The van der Waals surface area contributed by atoms with Gasteiger partial charge >= 0.3 is 0 Å². The van der Waals surface area contributed by atoms with Crippen LogP contribution in [0, 0.1) is 6.92 Å². The highest BCUT2D eigenvalue weighted by molar-refractivity contribution is 7.12. The summed E-state index contributed by atoms with van der Waals surface area (Å²) in [7, 11) is 0. The Morgan fingerprint density at radius 3 is 2.68 bits per heavy atom. The zero-order valence-corrected chi connectivity index (χ0v) is 17.0. The van der Waals surface area contributed by atoms with E-state index < -0.39 is 0 Å². The summed E-state index contributed by atoms with van der Waals surface area (Å²) in [5.74, 6) is 0.991. The van der Waals surface area contributed by atoms with Crippen molar-refractivity contribution >= 4 is 17.2 Å². The number of thiophene rings is 1. The second-order valence-electron chi connectivity index (χ2n) is 7.34. The predicted molar refractivity (Wildman–Crippen MR) is 114 cm³/mol. The van der Waals surface area contributed by atoms with Crippen molar-refractivity contribution in [2.24, 2.45) is 0 Å². The first kappa shape index (κ1) is 18.8. The van der Waals surface area contributed by atoms with Crippen molar-refractivity contribution in [1.29, 1.82) is 0 Å². The molecule has 4 rings (SSSR count). The lowest BCUT2D eigenvalue weighted by molar-refractivity contribution is 0.0616. The molecular formula is C24H25NO2S. The van der Waals surface area contributed by atoms with Crippen LogP contribution in [0.4, 0.5) is 0 Å². The van der Waals surface area contributed by atoms with Crippen LogP contribution in [-0.2, 0) is 6.61 Å². The van der Waals surface area contributed by atoms with Gasteiger partial charge in [-0.2, -0.15) is 0 Å². The summed E-state index contributed by atoms with van der Waals surface area (Å²) in [6.07, 6.45) is 3.28. The van der Waals surface area contributed by atoms with Crippen molar-refractivity contribution in [3.05, 3.63) is 87.6 Å². The molecule has 1 fully saturated rings. The molecule has 1 aromatic heterocycles. The Morgan fingerprint density at radius 2 is 1.89 bits per heavy atom. The van der Waals surface area contributed by atoms with E-state index in [1.54, 1.807) is 0 Å². The van der Waals surface area contributed by atoms with Gasteiger partial charge in [0.2, 0.25) is 0 Å². The molecule has 1 aliphatic rings. The van der Waals surface area contributed by atoms with Crippen LogP contribution in [0.25, 0.3) is 0 Å². The number of hydrogen-bond acceptors (Lipinski definition) is 3. The molecule has 2 aromatic carbocycles. The largest absolute Gasteiger partial charge is 0.489 e. The number of carbonyl (C=O) groups is 1. The molecule has 0 spiro atoms. The Bertz CT molecular complexity index is 917. The Hall–Kier alpha value is -2.59. The van der Waals surface area contributed by atoms with Crippen molar-refractivity contribution in [2.75, 3.05) is 6.54 Å². The van der Waals surface area contributed by atoms with Crippen LogP contribution in [0.5, 0.6) is 5.75 Å². The number of carbonyl (C=O) groups excluding carboxylic acids is 1. The minimum Gasteiger partial charge on any atom is -0.489 e. The normalized spacial score (nSPS) is 16.8. The fourth-order valence-electron chi connectivity index (χ4n) is 3.70. The van der Waals surface area contributed by atoms with Gasteiger partial charge in [0.05, 0.1) is 10.9 Å². The Balaban J connectivity index is 1.44. The topological polar surface area (TPSA) is 29.5 Å². The summed E-state index contributed by atoms with van der Waals surface area (Å²) < 4.78 is 5.86. The molecule has 2 heterocycles. The van der Waals surface area contributed by atoms with Gasteiger partial charge in [0.15, 0.2) is 0 Å². The van der Waals surface area contributed by atoms with Crippen LogP contribution in [-0.4, -0.2) is 17.4 Å². The molecule has 0 saturated carbocycles. The Labute approximate surface area is 170 Å². The lowest BCUT2D eigenvalue weighted by Gasteiger charge is -2.36. The average molecular weight is 392 g/mol. The highest BCUT2D eigenvalue weighted by Crippen LogP contribution is 2.33. The van der Waals surface area contributed by atoms with E-state index in [-0.39, 0.29) is 11.9 Å².